The molecule has 1 N–H and O–H groups in total. The molecule has 1 aliphatic heterocycles. The Bertz CT molecular complexity index is 435. The summed E-state index contributed by atoms with van der Waals surface area (Å²) in [6.07, 6.45) is 2.21. The summed E-state index contributed by atoms with van der Waals surface area (Å²) >= 11 is 1.39. The second kappa shape index (κ2) is 5.15. The summed E-state index contributed by atoms with van der Waals surface area (Å²) in [6.45, 7) is 1.59. The lowest BCUT2D eigenvalue weighted by molar-refractivity contribution is 0.0797. The van der Waals surface area contributed by atoms with Crippen LogP contribution in [-0.4, -0.2) is 35.6 Å². The fourth-order valence-corrected chi connectivity index (χ4v) is 2.57. The van der Waals surface area contributed by atoms with Gasteiger partial charge in [0.05, 0.1) is 9.75 Å². The predicted octanol–water partition coefficient (Wildman–Crippen LogP) is 1.33. The van der Waals surface area contributed by atoms with Gasteiger partial charge in [0.2, 0.25) is 0 Å². The van der Waals surface area contributed by atoms with Gasteiger partial charge >= 0.3 is 0 Å². The molecule has 16 heavy (non-hydrogen) atoms. The molecular formula is C12H13NO2S. The molecule has 84 valence electrons. The van der Waals surface area contributed by atoms with E-state index in [1.54, 1.807) is 0 Å². The third-order valence-electron chi connectivity index (χ3n) is 2.50. The Morgan fingerprint density at radius 2 is 2.19 bits per heavy atom. The maximum atomic E-state index is 12.0. The van der Waals surface area contributed by atoms with Gasteiger partial charge in [0.15, 0.2) is 0 Å². The van der Waals surface area contributed by atoms with E-state index in [-0.39, 0.29) is 12.5 Å². The molecule has 1 saturated heterocycles. The molecule has 1 aromatic heterocycles. The molecule has 2 rings (SSSR count). The quantitative estimate of drug-likeness (QED) is 0.746. The van der Waals surface area contributed by atoms with E-state index in [1.807, 2.05) is 17.0 Å². The lowest BCUT2D eigenvalue weighted by Crippen LogP contribution is -2.26. The van der Waals surface area contributed by atoms with Crippen LogP contribution >= 0.6 is 11.3 Å². The van der Waals surface area contributed by atoms with Crippen molar-refractivity contribution in [1.82, 2.24) is 4.90 Å². The molecule has 0 radical (unpaired) electrons. The summed E-state index contributed by atoms with van der Waals surface area (Å²) in [5, 5.41) is 8.57. The molecule has 0 bridgehead atoms. The standard InChI is InChI=1S/C12H13NO2S/c14-9-3-4-10-5-6-11(16-10)12(15)13-7-1-2-8-13/h5-6,14H,1-2,7-9H2. The maximum absolute atomic E-state index is 12.0. The van der Waals surface area contributed by atoms with E-state index >= 15 is 0 Å². The second-order valence-corrected chi connectivity index (χ2v) is 4.71. The minimum atomic E-state index is -0.146. The molecule has 0 atom stereocenters. The minimum Gasteiger partial charge on any atom is -0.384 e. The van der Waals surface area contributed by atoms with Gasteiger partial charge in [0, 0.05) is 13.1 Å². The first kappa shape index (κ1) is 11.2. The molecule has 0 saturated carbocycles. The van der Waals surface area contributed by atoms with Crippen molar-refractivity contribution in [2.24, 2.45) is 0 Å². The molecule has 0 spiro atoms. The molecule has 0 unspecified atom stereocenters. The first-order chi connectivity index (χ1) is 7.81. The zero-order valence-electron chi connectivity index (χ0n) is 8.90. The van der Waals surface area contributed by atoms with Gasteiger partial charge in [-0.15, -0.1) is 11.3 Å². The van der Waals surface area contributed by atoms with Crippen LogP contribution in [0.25, 0.3) is 0 Å². The summed E-state index contributed by atoms with van der Waals surface area (Å²) in [4.78, 5) is 15.4. The van der Waals surface area contributed by atoms with Crippen molar-refractivity contribution in [3.05, 3.63) is 21.9 Å². The summed E-state index contributed by atoms with van der Waals surface area (Å²) in [5.74, 6) is 5.50. The first-order valence-electron chi connectivity index (χ1n) is 5.30. The average Bonchev–Trinajstić information content (AvgIpc) is 2.96. The topological polar surface area (TPSA) is 40.5 Å². The highest BCUT2D eigenvalue weighted by Crippen LogP contribution is 2.19. The van der Waals surface area contributed by atoms with Crippen LogP contribution in [0.3, 0.4) is 0 Å². The van der Waals surface area contributed by atoms with Crippen LogP contribution in [0.5, 0.6) is 0 Å². The number of carbonyl (C=O) groups excluding carboxylic acids is 1. The molecule has 4 heteroatoms. The zero-order chi connectivity index (χ0) is 11.4. The fraction of sp³-hybridized carbons (Fsp3) is 0.417. The van der Waals surface area contributed by atoms with Crippen LogP contribution in [0, 0.1) is 11.8 Å². The van der Waals surface area contributed by atoms with Gasteiger partial charge in [-0.05, 0) is 25.0 Å². The van der Waals surface area contributed by atoms with Gasteiger partial charge < -0.3 is 10.0 Å². The van der Waals surface area contributed by atoms with Crippen molar-refractivity contribution >= 4 is 17.2 Å². The summed E-state index contributed by atoms with van der Waals surface area (Å²) in [7, 11) is 0. The number of hydrogen-bond acceptors (Lipinski definition) is 3. The third kappa shape index (κ3) is 2.43. The third-order valence-corrected chi connectivity index (χ3v) is 3.49. The zero-order valence-corrected chi connectivity index (χ0v) is 9.72. The number of hydrogen-bond donors (Lipinski definition) is 1. The summed E-state index contributed by atoms with van der Waals surface area (Å²) in [5.41, 5.74) is 0. The van der Waals surface area contributed by atoms with Crippen LogP contribution < -0.4 is 0 Å². The predicted molar refractivity (Wildman–Crippen MR) is 63.4 cm³/mol. The van der Waals surface area contributed by atoms with Crippen LogP contribution in [0.4, 0.5) is 0 Å². The lowest BCUT2D eigenvalue weighted by Gasteiger charge is -2.13. The van der Waals surface area contributed by atoms with Gasteiger partial charge in [-0.3, -0.25) is 4.79 Å². The van der Waals surface area contributed by atoms with Gasteiger partial charge in [-0.2, -0.15) is 0 Å². The largest absolute Gasteiger partial charge is 0.384 e. The van der Waals surface area contributed by atoms with Gasteiger partial charge in [0.25, 0.3) is 5.91 Å². The van der Waals surface area contributed by atoms with Crippen molar-refractivity contribution in [2.75, 3.05) is 19.7 Å². The average molecular weight is 235 g/mol. The number of aliphatic hydroxyl groups excluding tert-OH is 1. The molecule has 2 heterocycles. The lowest BCUT2D eigenvalue weighted by atomic mass is 10.4. The molecule has 1 aliphatic rings. The SMILES string of the molecule is O=C(c1ccc(C#CCO)s1)N1CCCC1. The summed E-state index contributed by atoms with van der Waals surface area (Å²) in [6, 6.07) is 3.64. The van der Waals surface area contributed by atoms with Crippen molar-refractivity contribution in [2.45, 2.75) is 12.8 Å². The van der Waals surface area contributed by atoms with Crippen LogP contribution in [0.15, 0.2) is 12.1 Å². The fourth-order valence-electron chi connectivity index (χ4n) is 1.72. The number of carbonyl (C=O) groups is 1. The Labute approximate surface area is 98.7 Å². The highest BCUT2D eigenvalue weighted by atomic mass is 32.1. The van der Waals surface area contributed by atoms with Crippen molar-refractivity contribution in [3.8, 4) is 11.8 Å². The van der Waals surface area contributed by atoms with E-state index in [2.05, 4.69) is 11.8 Å². The minimum absolute atomic E-state index is 0.111. The monoisotopic (exact) mass is 235 g/mol. The number of rotatable bonds is 1. The van der Waals surface area contributed by atoms with Gasteiger partial charge in [-0.1, -0.05) is 11.8 Å². The van der Waals surface area contributed by atoms with Gasteiger partial charge in [0.1, 0.15) is 6.61 Å². The Morgan fingerprint density at radius 3 is 2.88 bits per heavy atom. The Balaban J connectivity index is 2.08. The highest BCUT2D eigenvalue weighted by Gasteiger charge is 2.20. The molecule has 3 nitrogen and oxygen atoms in total. The van der Waals surface area contributed by atoms with Crippen molar-refractivity contribution < 1.29 is 9.90 Å². The van der Waals surface area contributed by atoms with E-state index in [4.69, 9.17) is 5.11 Å². The van der Waals surface area contributed by atoms with Crippen LogP contribution in [0.2, 0.25) is 0 Å². The molecule has 1 aromatic rings. The Hall–Kier alpha value is -1.31. The number of aliphatic hydroxyl groups is 1. The van der Waals surface area contributed by atoms with Crippen LogP contribution in [-0.2, 0) is 0 Å². The molecule has 0 aromatic carbocycles. The molecule has 0 aliphatic carbocycles. The smallest absolute Gasteiger partial charge is 0.263 e. The van der Waals surface area contributed by atoms with E-state index in [1.165, 1.54) is 11.3 Å². The van der Waals surface area contributed by atoms with E-state index < -0.39 is 0 Å². The molecular weight excluding hydrogens is 222 g/mol. The first-order valence-corrected chi connectivity index (χ1v) is 6.12. The highest BCUT2D eigenvalue weighted by molar-refractivity contribution is 7.14. The van der Waals surface area contributed by atoms with Crippen molar-refractivity contribution in [1.29, 1.82) is 0 Å². The van der Waals surface area contributed by atoms with Crippen LogP contribution in [0.1, 0.15) is 27.4 Å². The Morgan fingerprint density at radius 1 is 1.44 bits per heavy atom. The van der Waals surface area contributed by atoms with Crippen molar-refractivity contribution in [3.63, 3.8) is 0 Å². The summed E-state index contributed by atoms with van der Waals surface area (Å²) < 4.78 is 0. The number of thiophene rings is 1. The number of likely N-dealkylation sites (tertiary alicyclic amines) is 1. The van der Waals surface area contributed by atoms with E-state index in [0.29, 0.717) is 0 Å². The van der Waals surface area contributed by atoms with E-state index in [0.717, 1.165) is 35.7 Å². The molecule has 1 fully saturated rings. The normalized spacial score (nSPS) is 14.7. The number of nitrogens with zero attached hydrogens (tertiary/aromatic N) is 1. The van der Waals surface area contributed by atoms with Gasteiger partial charge in [-0.25, -0.2) is 0 Å². The van der Waals surface area contributed by atoms with E-state index in [9.17, 15) is 4.79 Å². The number of amides is 1. The molecule has 1 amide bonds. The second-order valence-electron chi connectivity index (χ2n) is 3.62. The maximum Gasteiger partial charge on any atom is 0.263 e. The Kier molecular flexibility index (Phi) is 3.60.